The number of benzene rings is 1. The fourth-order valence-electron chi connectivity index (χ4n) is 2.02. The summed E-state index contributed by atoms with van der Waals surface area (Å²) in [6.07, 6.45) is 4.13. The molecule has 17 heavy (non-hydrogen) atoms. The van der Waals surface area contributed by atoms with Crippen LogP contribution in [0, 0.1) is 0 Å². The van der Waals surface area contributed by atoms with Crippen molar-refractivity contribution in [1.82, 2.24) is 9.97 Å². The Morgan fingerprint density at radius 2 is 2.12 bits per heavy atom. The van der Waals surface area contributed by atoms with Gasteiger partial charge in [-0.3, -0.25) is 4.98 Å². The minimum absolute atomic E-state index is 0.550. The maximum atomic E-state index is 11.4. The fraction of sp³-hybridized carbons (Fsp3) is 0.154. The van der Waals surface area contributed by atoms with E-state index >= 15 is 0 Å². The number of hydrogen-bond acceptors (Lipinski definition) is 4. The van der Waals surface area contributed by atoms with Crippen molar-refractivity contribution in [3.8, 4) is 0 Å². The molecule has 1 aromatic carbocycles. The van der Waals surface area contributed by atoms with Gasteiger partial charge in [-0.2, -0.15) is 4.98 Å². The van der Waals surface area contributed by atoms with Gasteiger partial charge in [0.2, 0.25) is 0 Å². The second-order valence-electron chi connectivity index (χ2n) is 3.82. The first-order chi connectivity index (χ1) is 8.29. The average Bonchev–Trinajstić information content (AvgIpc) is 2.37. The quantitative estimate of drug-likeness (QED) is 0.597. The number of nitrogens with zero attached hydrogens (tertiary/aromatic N) is 2. The summed E-state index contributed by atoms with van der Waals surface area (Å²) < 4.78 is 5.21. The molecular weight excluding hydrogens is 216 g/mol. The second-order valence-corrected chi connectivity index (χ2v) is 3.82. The molecule has 0 amide bonds. The van der Waals surface area contributed by atoms with E-state index in [1.807, 2.05) is 25.1 Å². The molecule has 0 aliphatic carbocycles. The molecule has 3 rings (SSSR count). The highest BCUT2D eigenvalue weighted by atomic mass is 16.4. The fourth-order valence-corrected chi connectivity index (χ4v) is 2.02. The lowest BCUT2D eigenvalue weighted by atomic mass is 10.1. The Morgan fingerprint density at radius 1 is 1.24 bits per heavy atom. The summed E-state index contributed by atoms with van der Waals surface area (Å²) in [5.74, 6) is -0.550. The number of rotatable bonds is 1. The summed E-state index contributed by atoms with van der Waals surface area (Å²) in [6, 6.07) is 5.81. The second kappa shape index (κ2) is 3.66. The molecular formula is C13H10N2O2. The molecule has 0 N–H and O–H groups in total. The van der Waals surface area contributed by atoms with Crippen molar-refractivity contribution in [2.24, 2.45) is 0 Å². The van der Waals surface area contributed by atoms with Gasteiger partial charge >= 0.3 is 5.76 Å². The average molecular weight is 226 g/mol. The van der Waals surface area contributed by atoms with Crippen LogP contribution < -0.4 is 5.76 Å². The molecule has 0 radical (unpaired) electrons. The van der Waals surface area contributed by atoms with Crippen molar-refractivity contribution in [3.63, 3.8) is 0 Å². The molecule has 0 bridgehead atoms. The lowest BCUT2D eigenvalue weighted by Crippen LogP contribution is -2.07. The first-order valence-electron chi connectivity index (χ1n) is 5.46. The SMILES string of the molecule is CCc1nc(=O)oc2c1ccc1ccncc12. The summed E-state index contributed by atoms with van der Waals surface area (Å²) in [5.41, 5.74) is 1.34. The zero-order valence-electron chi connectivity index (χ0n) is 9.30. The van der Waals surface area contributed by atoms with Crippen LogP contribution in [0.15, 0.2) is 39.8 Å². The molecule has 0 aliphatic heterocycles. The van der Waals surface area contributed by atoms with E-state index in [2.05, 4.69) is 9.97 Å². The van der Waals surface area contributed by atoms with Crippen LogP contribution in [-0.4, -0.2) is 9.97 Å². The maximum Gasteiger partial charge on any atom is 0.439 e. The van der Waals surface area contributed by atoms with Gasteiger partial charge in [0.25, 0.3) is 0 Å². The number of aryl methyl sites for hydroxylation is 1. The normalized spacial score (nSPS) is 11.1. The van der Waals surface area contributed by atoms with Crippen molar-refractivity contribution in [3.05, 3.63) is 46.8 Å². The van der Waals surface area contributed by atoms with Crippen molar-refractivity contribution >= 4 is 21.7 Å². The first-order valence-corrected chi connectivity index (χ1v) is 5.46. The zero-order chi connectivity index (χ0) is 11.8. The third-order valence-corrected chi connectivity index (χ3v) is 2.84. The Hall–Kier alpha value is -2.23. The molecule has 2 aromatic heterocycles. The third kappa shape index (κ3) is 1.49. The van der Waals surface area contributed by atoms with E-state index in [4.69, 9.17) is 4.42 Å². The molecule has 0 atom stereocenters. The zero-order valence-corrected chi connectivity index (χ0v) is 9.30. The summed E-state index contributed by atoms with van der Waals surface area (Å²) in [5, 5.41) is 2.73. The minimum atomic E-state index is -0.550. The standard InChI is InChI=1S/C13H10N2O2/c1-2-11-9-4-3-8-5-6-14-7-10(8)12(9)17-13(16)15-11/h3-7H,2H2,1H3. The smallest absolute Gasteiger partial charge is 0.407 e. The van der Waals surface area contributed by atoms with Gasteiger partial charge in [0.15, 0.2) is 5.58 Å². The lowest BCUT2D eigenvalue weighted by Gasteiger charge is -2.04. The van der Waals surface area contributed by atoms with Crippen LogP contribution in [0.5, 0.6) is 0 Å². The van der Waals surface area contributed by atoms with Crippen molar-refractivity contribution < 1.29 is 4.42 Å². The number of hydrogen-bond donors (Lipinski definition) is 0. The third-order valence-electron chi connectivity index (χ3n) is 2.84. The largest absolute Gasteiger partial charge is 0.439 e. The highest BCUT2D eigenvalue weighted by Gasteiger charge is 2.08. The van der Waals surface area contributed by atoms with Crippen molar-refractivity contribution in [2.75, 3.05) is 0 Å². The van der Waals surface area contributed by atoms with E-state index in [0.29, 0.717) is 12.0 Å². The molecule has 4 heteroatoms. The molecule has 3 aromatic rings. The van der Waals surface area contributed by atoms with Crippen LogP contribution >= 0.6 is 0 Å². The van der Waals surface area contributed by atoms with Crippen LogP contribution in [0.3, 0.4) is 0 Å². The Kier molecular flexibility index (Phi) is 2.14. The predicted molar refractivity (Wildman–Crippen MR) is 65.0 cm³/mol. The molecule has 0 fully saturated rings. The highest BCUT2D eigenvalue weighted by molar-refractivity contribution is 6.04. The van der Waals surface area contributed by atoms with Gasteiger partial charge in [-0.05, 0) is 23.9 Å². The summed E-state index contributed by atoms with van der Waals surface area (Å²) in [4.78, 5) is 19.4. The van der Waals surface area contributed by atoms with E-state index in [1.54, 1.807) is 12.4 Å². The molecule has 84 valence electrons. The van der Waals surface area contributed by atoms with E-state index in [-0.39, 0.29) is 0 Å². The molecule has 4 nitrogen and oxygen atoms in total. The Morgan fingerprint density at radius 3 is 2.94 bits per heavy atom. The van der Waals surface area contributed by atoms with Gasteiger partial charge in [-0.25, -0.2) is 4.79 Å². The molecule has 2 heterocycles. The van der Waals surface area contributed by atoms with Crippen LogP contribution in [0.4, 0.5) is 0 Å². The van der Waals surface area contributed by atoms with Gasteiger partial charge in [0, 0.05) is 23.2 Å². The van der Waals surface area contributed by atoms with E-state index in [9.17, 15) is 4.79 Å². The monoisotopic (exact) mass is 226 g/mol. The Balaban J connectivity index is 2.58. The maximum absolute atomic E-state index is 11.4. The topological polar surface area (TPSA) is 56.0 Å². The summed E-state index contributed by atoms with van der Waals surface area (Å²) in [6.45, 7) is 1.97. The molecule has 0 spiro atoms. The predicted octanol–water partition coefficient (Wildman–Crippen LogP) is 2.30. The number of pyridine rings is 1. The molecule has 0 saturated heterocycles. The molecule has 0 saturated carbocycles. The first kappa shape index (κ1) is 9.96. The number of fused-ring (bicyclic) bond motifs is 3. The highest BCUT2D eigenvalue weighted by Crippen LogP contribution is 2.24. The van der Waals surface area contributed by atoms with Crippen LogP contribution in [0.25, 0.3) is 21.7 Å². The van der Waals surface area contributed by atoms with Gasteiger partial charge in [0.1, 0.15) is 0 Å². The van der Waals surface area contributed by atoms with Crippen LogP contribution in [0.1, 0.15) is 12.6 Å². The summed E-state index contributed by atoms with van der Waals surface area (Å²) >= 11 is 0. The molecule has 0 aliphatic rings. The van der Waals surface area contributed by atoms with Gasteiger partial charge in [-0.1, -0.05) is 13.0 Å². The van der Waals surface area contributed by atoms with E-state index < -0.39 is 5.76 Å². The van der Waals surface area contributed by atoms with Gasteiger partial charge in [-0.15, -0.1) is 0 Å². The van der Waals surface area contributed by atoms with Crippen LogP contribution in [-0.2, 0) is 6.42 Å². The Labute approximate surface area is 96.9 Å². The van der Waals surface area contributed by atoms with Crippen molar-refractivity contribution in [2.45, 2.75) is 13.3 Å². The minimum Gasteiger partial charge on any atom is -0.407 e. The van der Waals surface area contributed by atoms with Crippen LogP contribution in [0.2, 0.25) is 0 Å². The molecule has 0 unspecified atom stereocenters. The Bertz CT molecular complexity index is 762. The summed E-state index contributed by atoms with van der Waals surface area (Å²) in [7, 11) is 0. The van der Waals surface area contributed by atoms with E-state index in [1.165, 1.54) is 0 Å². The van der Waals surface area contributed by atoms with E-state index in [0.717, 1.165) is 21.9 Å². The lowest BCUT2D eigenvalue weighted by molar-refractivity contribution is 0.529. The van der Waals surface area contributed by atoms with Crippen molar-refractivity contribution in [1.29, 1.82) is 0 Å². The number of aromatic nitrogens is 2. The van der Waals surface area contributed by atoms with Gasteiger partial charge < -0.3 is 4.42 Å². The van der Waals surface area contributed by atoms with Gasteiger partial charge in [0.05, 0.1) is 5.69 Å².